The van der Waals surface area contributed by atoms with Gasteiger partial charge in [-0.25, -0.2) is 9.67 Å². The monoisotopic (exact) mass is 350 g/mol. The summed E-state index contributed by atoms with van der Waals surface area (Å²) in [6.07, 6.45) is 2.59. The predicted molar refractivity (Wildman–Crippen MR) is 99.2 cm³/mol. The first-order valence-corrected chi connectivity index (χ1v) is 9.21. The van der Waals surface area contributed by atoms with E-state index >= 15 is 0 Å². The number of hydrogen-bond acceptors (Lipinski definition) is 4. The second kappa shape index (κ2) is 6.72. The van der Waals surface area contributed by atoms with Crippen LogP contribution >= 0.6 is 11.8 Å². The van der Waals surface area contributed by atoms with E-state index in [-0.39, 0.29) is 11.9 Å². The number of nitrogens with zero attached hydrogens (tertiary/aromatic N) is 4. The molecule has 2 aromatic carbocycles. The van der Waals surface area contributed by atoms with E-state index in [2.05, 4.69) is 23.1 Å². The maximum Gasteiger partial charge on any atom is 0.237 e. The van der Waals surface area contributed by atoms with Gasteiger partial charge >= 0.3 is 0 Å². The van der Waals surface area contributed by atoms with Gasteiger partial charge in [-0.05, 0) is 37.1 Å². The third-order valence-corrected chi connectivity index (χ3v) is 5.13. The molecule has 3 aromatic rings. The lowest BCUT2D eigenvalue weighted by atomic mass is 10.1. The first-order chi connectivity index (χ1) is 12.2. The molecule has 0 radical (unpaired) electrons. The van der Waals surface area contributed by atoms with E-state index in [0.29, 0.717) is 10.9 Å². The Bertz CT molecular complexity index is 893. The summed E-state index contributed by atoms with van der Waals surface area (Å²) >= 11 is 1.37. The van der Waals surface area contributed by atoms with E-state index in [1.807, 2.05) is 53.4 Å². The van der Waals surface area contributed by atoms with Crippen molar-refractivity contribution in [2.75, 3.05) is 10.7 Å². The zero-order valence-corrected chi connectivity index (χ0v) is 14.7. The van der Waals surface area contributed by atoms with Crippen LogP contribution in [0.4, 0.5) is 5.69 Å². The van der Waals surface area contributed by atoms with Crippen molar-refractivity contribution < 1.29 is 4.79 Å². The number of hydrogen-bond donors (Lipinski definition) is 0. The number of anilines is 1. The summed E-state index contributed by atoms with van der Waals surface area (Å²) in [5.74, 6) is 0.427. The van der Waals surface area contributed by atoms with Gasteiger partial charge in [-0.3, -0.25) is 4.79 Å². The minimum absolute atomic E-state index is 0.0958. The van der Waals surface area contributed by atoms with Crippen LogP contribution in [0.1, 0.15) is 12.5 Å². The van der Waals surface area contributed by atoms with Crippen LogP contribution in [0.3, 0.4) is 0 Å². The molecule has 0 N–H and O–H groups in total. The summed E-state index contributed by atoms with van der Waals surface area (Å²) in [7, 11) is 0. The van der Waals surface area contributed by atoms with E-state index in [1.165, 1.54) is 17.3 Å². The fourth-order valence-electron chi connectivity index (χ4n) is 3.16. The molecule has 0 bridgehead atoms. The van der Waals surface area contributed by atoms with Gasteiger partial charge in [0.2, 0.25) is 11.1 Å². The van der Waals surface area contributed by atoms with Crippen molar-refractivity contribution in [1.29, 1.82) is 0 Å². The van der Waals surface area contributed by atoms with Crippen LogP contribution in [0.25, 0.3) is 5.69 Å². The summed E-state index contributed by atoms with van der Waals surface area (Å²) in [4.78, 5) is 18.9. The van der Waals surface area contributed by atoms with Gasteiger partial charge in [-0.15, -0.1) is 5.10 Å². The molecule has 1 aliphatic heterocycles. The van der Waals surface area contributed by atoms with Crippen molar-refractivity contribution in [3.8, 4) is 5.69 Å². The number of benzene rings is 2. The zero-order chi connectivity index (χ0) is 17.2. The van der Waals surface area contributed by atoms with Gasteiger partial charge < -0.3 is 4.90 Å². The molecule has 1 aromatic heterocycles. The Kier molecular flexibility index (Phi) is 4.28. The highest BCUT2D eigenvalue weighted by Crippen LogP contribution is 2.32. The molecule has 0 saturated heterocycles. The number of rotatable bonds is 4. The highest BCUT2D eigenvalue weighted by molar-refractivity contribution is 7.99. The third-order valence-electron chi connectivity index (χ3n) is 4.29. The Morgan fingerprint density at radius 2 is 1.92 bits per heavy atom. The molecule has 0 aliphatic carbocycles. The number of para-hydroxylation sites is 2. The fourth-order valence-corrected chi connectivity index (χ4v) is 3.82. The Morgan fingerprint density at radius 1 is 1.16 bits per heavy atom. The van der Waals surface area contributed by atoms with Gasteiger partial charge in [0.25, 0.3) is 0 Å². The van der Waals surface area contributed by atoms with Gasteiger partial charge in [0.15, 0.2) is 0 Å². The largest absolute Gasteiger partial charge is 0.308 e. The van der Waals surface area contributed by atoms with Crippen LogP contribution in [-0.2, 0) is 11.2 Å². The molecule has 0 unspecified atom stereocenters. The summed E-state index contributed by atoms with van der Waals surface area (Å²) < 4.78 is 1.72. The lowest BCUT2D eigenvalue weighted by Gasteiger charge is -2.22. The van der Waals surface area contributed by atoms with Gasteiger partial charge in [-0.2, -0.15) is 0 Å². The molecular weight excluding hydrogens is 332 g/mol. The standard InChI is InChI=1S/C19H18N4OS/c1-14-11-15-7-5-6-10-17(15)23(14)18(24)12-25-19-20-13-22(21-19)16-8-3-2-4-9-16/h2-10,13-14H,11-12H2,1H3/t14-/m0/s1. The first-order valence-electron chi connectivity index (χ1n) is 8.22. The summed E-state index contributed by atoms with van der Waals surface area (Å²) in [6.45, 7) is 2.09. The van der Waals surface area contributed by atoms with Crippen LogP contribution in [0.15, 0.2) is 66.1 Å². The number of carbonyl (C=O) groups excluding carboxylic acids is 1. The van der Waals surface area contributed by atoms with Crippen LogP contribution in [0, 0.1) is 0 Å². The molecule has 25 heavy (non-hydrogen) atoms. The lowest BCUT2D eigenvalue weighted by molar-refractivity contribution is -0.116. The average molecular weight is 350 g/mol. The van der Waals surface area contributed by atoms with Crippen LogP contribution in [-0.4, -0.2) is 32.5 Å². The first kappa shape index (κ1) is 15.9. The molecule has 4 rings (SSSR count). The van der Waals surface area contributed by atoms with Crippen molar-refractivity contribution >= 4 is 23.4 Å². The van der Waals surface area contributed by atoms with Crippen LogP contribution in [0.2, 0.25) is 0 Å². The molecule has 2 heterocycles. The predicted octanol–water partition coefficient (Wildman–Crippen LogP) is 3.34. The Morgan fingerprint density at radius 3 is 2.76 bits per heavy atom. The van der Waals surface area contributed by atoms with Crippen LogP contribution < -0.4 is 4.90 Å². The molecule has 0 fully saturated rings. The van der Waals surface area contributed by atoms with Crippen molar-refractivity contribution in [2.24, 2.45) is 0 Å². The van der Waals surface area contributed by atoms with E-state index in [4.69, 9.17) is 0 Å². The molecule has 6 heteroatoms. The summed E-state index contributed by atoms with van der Waals surface area (Å²) in [6, 6.07) is 18.1. The van der Waals surface area contributed by atoms with Gasteiger partial charge in [0.1, 0.15) is 6.33 Å². The highest BCUT2D eigenvalue weighted by atomic mass is 32.2. The minimum Gasteiger partial charge on any atom is -0.308 e. The molecule has 126 valence electrons. The fraction of sp³-hybridized carbons (Fsp3) is 0.211. The topological polar surface area (TPSA) is 51.0 Å². The average Bonchev–Trinajstić information content (AvgIpc) is 3.24. The maximum absolute atomic E-state index is 12.7. The number of amides is 1. The minimum atomic E-state index is 0.0958. The second-order valence-electron chi connectivity index (χ2n) is 6.04. The van der Waals surface area contributed by atoms with Crippen molar-refractivity contribution in [2.45, 2.75) is 24.5 Å². The van der Waals surface area contributed by atoms with Gasteiger partial charge in [0.05, 0.1) is 11.4 Å². The number of carbonyl (C=O) groups is 1. The number of fused-ring (bicyclic) bond motifs is 1. The van der Waals surface area contributed by atoms with E-state index in [0.717, 1.165) is 17.8 Å². The Labute approximate surface area is 150 Å². The molecule has 1 amide bonds. The zero-order valence-electron chi connectivity index (χ0n) is 13.9. The molecule has 1 aliphatic rings. The molecular formula is C19H18N4OS. The molecule has 0 spiro atoms. The maximum atomic E-state index is 12.7. The third kappa shape index (κ3) is 3.17. The smallest absolute Gasteiger partial charge is 0.237 e. The van der Waals surface area contributed by atoms with Crippen molar-refractivity contribution in [3.05, 3.63) is 66.5 Å². The van der Waals surface area contributed by atoms with E-state index in [1.54, 1.807) is 11.0 Å². The number of aromatic nitrogens is 3. The summed E-state index contributed by atoms with van der Waals surface area (Å²) in [5, 5.41) is 5.05. The van der Waals surface area contributed by atoms with Crippen molar-refractivity contribution in [1.82, 2.24) is 14.8 Å². The molecule has 0 saturated carbocycles. The Balaban J connectivity index is 1.44. The van der Waals surface area contributed by atoms with Gasteiger partial charge in [-0.1, -0.05) is 48.2 Å². The van der Waals surface area contributed by atoms with Crippen molar-refractivity contribution in [3.63, 3.8) is 0 Å². The van der Waals surface area contributed by atoms with Crippen LogP contribution in [0.5, 0.6) is 0 Å². The molecule has 5 nitrogen and oxygen atoms in total. The van der Waals surface area contributed by atoms with Gasteiger partial charge in [0, 0.05) is 11.7 Å². The lowest BCUT2D eigenvalue weighted by Crippen LogP contribution is -2.37. The van der Waals surface area contributed by atoms with E-state index in [9.17, 15) is 4.79 Å². The Hall–Kier alpha value is -2.60. The second-order valence-corrected chi connectivity index (χ2v) is 6.98. The quantitative estimate of drug-likeness (QED) is 0.677. The SMILES string of the molecule is C[C@H]1Cc2ccccc2N1C(=O)CSc1ncn(-c2ccccc2)n1. The normalized spacial score (nSPS) is 16.0. The number of thioether (sulfide) groups is 1. The highest BCUT2D eigenvalue weighted by Gasteiger charge is 2.30. The summed E-state index contributed by atoms with van der Waals surface area (Å²) in [5.41, 5.74) is 3.22. The molecule has 1 atom stereocenters. The van der Waals surface area contributed by atoms with E-state index < -0.39 is 0 Å².